The van der Waals surface area contributed by atoms with Gasteiger partial charge in [-0.1, -0.05) is 6.92 Å². The molecule has 2 N–H and O–H groups in total. The van der Waals surface area contributed by atoms with Crippen molar-refractivity contribution in [2.24, 2.45) is 16.4 Å². The Morgan fingerprint density at radius 3 is 2.74 bits per heavy atom. The van der Waals surface area contributed by atoms with Crippen LogP contribution in [0.15, 0.2) is 17.2 Å². The molecular formula is C16H18F2N2O3. The summed E-state index contributed by atoms with van der Waals surface area (Å²) in [5.74, 6) is -2.85. The second kappa shape index (κ2) is 5.88. The highest BCUT2D eigenvalue weighted by Gasteiger charge is 2.43. The molecule has 1 aliphatic carbocycles. The molecule has 1 amide bonds. The van der Waals surface area contributed by atoms with Crippen LogP contribution in [0, 0.1) is 23.0 Å². The lowest BCUT2D eigenvalue weighted by Gasteiger charge is -2.20. The number of benzene rings is 1. The Morgan fingerprint density at radius 1 is 1.39 bits per heavy atom. The summed E-state index contributed by atoms with van der Waals surface area (Å²) in [4.78, 5) is 11.2. The lowest BCUT2D eigenvalue weighted by atomic mass is 9.93. The highest BCUT2D eigenvalue weighted by atomic mass is 19.2. The van der Waals surface area contributed by atoms with Crippen LogP contribution in [0.3, 0.4) is 0 Å². The van der Waals surface area contributed by atoms with Crippen molar-refractivity contribution in [2.45, 2.75) is 26.2 Å². The lowest BCUT2D eigenvalue weighted by Crippen LogP contribution is -2.32. The average molecular weight is 324 g/mol. The summed E-state index contributed by atoms with van der Waals surface area (Å²) in [6.07, 6.45) is 1.82. The molecule has 0 spiro atoms. The maximum Gasteiger partial charge on any atom is 0.240 e. The average Bonchev–Trinajstić information content (AvgIpc) is 3.30. The fourth-order valence-electron chi connectivity index (χ4n) is 2.58. The van der Waals surface area contributed by atoms with Crippen LogP contribution in [0.1, 0.15) is 31.7 Å². The molecule has 2 aliphatic rings. The monoisotopic (exact) mass is 324 g/mol. The number of halogens is 2. The molecule has 1 atom stereocenters. The van der Waals surface area contributed by atoms with Crippen LogP contribution in [-0.4, -0.2) is 29.9 Å². The summed E-state index contributed by atoms with van der Waals surface area (Å²) < 4.78 is 33.9. The van der Waals surface area contributed by atoms with Gasteiger partial charge < -0.3 is 9.84 Å². The number of aliphatic hydroxyl groups excluding tert-OH is 1. The minimum Gasteiger partial charge on any atom is -0.490 e. The van der Waals surface area contributed by atoms with Gasteiger partial charge in [0.05, 0.1) is 18.9 Å². The quantitative estimate of drug-likeness (QED) is 0.870. The molecule has 0 bridgehead atoms. The Labute approximate surface area is 132 Å². The first-order valence-corrected chi connectivity index (χ1v) is 7.54. The normalized spacial score (nSPS) is 22.3. The Balaban J connectivity index is 1.82. The van der Waals surface area contributed by atoms with Crippen molar-refractivity contribution in [3.63, 3.8) is 0 Å². The number of carbonyl (C=O) groups excluding carboxylic acids is 1. The van der Waals surface area contributed by atoms with Gasteiger partial charge >= 0.3 is 0 Å². The van der Waals surface area contributed by atoms with Crippen molar-refractivity contribution >= 4 is 11.6 Å². The molecule has 0 saturated heterocycles. The van der Waals surface area contributed by atoms with Gasteiger partial charge in [-0.15, -0.1) is 0 Å². The first kappa shape index (κ1) is 15.9. The summed E-state index contributed by atoms with van der Waals surface area (Å²) in [6.45, 7) is 1.87. The molecule has 1 fully saturated rings. The van der Waals surface area contributed by atoms with Crippen LogP contribution >= 0.6 is 0 Å². The smallest absolute Gasteiger partial charge is 0.240 e. The predicted molar refractivity (Wildman–Crippen MR) is 79.1 cm³/mol. The lowest BCUT2D eigenvalue weighted by molar-refractivity contribution is -0.121. The summed E-state index contributed by atoms with van der Waals surface area (Å²) in [5.41, 5.74) is 2.30. The Bertz CT molecular complexity index is 672. The first-order valence-electron chi connectivity index (χ1n) is 7.54. The second-order valence-corrected chi connectivity index (χ2v) is 6.32. The van der Waals surface area contributed by atoms with E-state index in [0.717, 1.165) is 12.8 Å². The fourth-order valence-corrected chi connectivity index (χ4v) is 2.58. The van der Waals surface area contributed by atoms with Crippen LogP contribution in [0.5, 0.6) is 5.75 Å². The van der Waals surface area contributed by atoms with E-state index in [2.05, 4.69) is 10.5 Å². The van der Waals surface area contributed by atoms with Gasteiger partial charge in [-0.05, 0) is 25.0 Å². The van der Waals surface area contributed by atoms with Crippen LogP contribution in [0.4, 0.5) is 8.78 Å². The molecule has 1 aliphatic heterocycles. The van der Waals surface area contributed by atoms with Gasteiger partial charge in [0.2, 0.25) is 11.7 Å². The number of aliphatic hydroxyl groups is 1. The van der Waals surface area contributed by atoms with E-state index < -0.39 is 11.6 Å². The van der Waals surface area contributed by atoms with Crippen molar-refractivity contribution in [3.05, 3.63) is 29.3 Å². The number of rotatable bonds is 5. The molecule has 0 aromatic heterocycles. The highest BCUT2D eigenvalue weighted by molar-refractivity contribution is 6.05. The Hall–Kier alpha value is -2.02. The van der Waals surface area contributed by atoms with E-state index in [-0.39, 0.29) is 48.2 Å². The molecule has 1 aromatic rings. The number of hydrogen-bond donors (Lipinski definition) is 2. The highest BCUT2D eigenvalue weighted by Crippen LogP contribution is 2.45. The standard InChI is InChI=1S/C16H18F2N2O3/c1-9-6-12(22)19-20-15(9)10-2-3-11(14(18)13(10)17)23-8-16(7-21)4-5-16/h2-3,9,21H,4-8H2,1H3,(H,19,22). The van der Waals surface area contributed by atoms with Gasteiger partial charge in [-0.2, -0.15) is 9.49 Å². The van der Waals surface area contributed by atoms with E-state index in [4.69, 9.17) is 4.74 Å². The molecule has 7 heteroatoms. The van der Waals surface area contributed by atoms with Crippen molar-refractivity contribution < 1.29 is 23.4 Å². The number of nitrogens with one attached hydrogen (secondary N) is 1. The number of ether oxygens (including phenoxy) is 1. The van der Waals surface area contributed by atoms with E-state index in [1.165, 1.54) is 12.1 Å². The Morgan fingerprint density at radius 2 is 2.13 bits per heavy atom. The zero-order chi connectivity index (χ0) is 16.6. The van der Waals surface area contributed by atoms with Crippen molar-refractivity contribution in [3.8, 4) is 5.75 Å². The van der Waals surface area contributed by atoms with Gasteiger partial charge in [0.25, 0.3) is 0 Å². The molecule has 23 heavy (non-hydrogen) atoms. The SMILES string of the molecule is CC1CC(=O)NN=C1c1ccc(OCC2(CO)CC2)c(F)c1F. The van der Waals surface area contributed by atoms with E-state index in [9.17, 15) is 18.7 Å². The maximum absolute atomic E-state index is 14.3. The van der Waals surface area contributed by atoms with Gasteiger partial charge in [-0.3, -0.25) is 4.79 Å². The topological polar surface area (TPSA) is 70.9 Å². The van der Waals surface area contributed by atoms with Crippen molar-refractivity contribution in [1.29, 1.82) is 0 Å². The minimum absolute atomic E-state index is 0.0191. The summed E-state index contributed by atoms with van der Waals surface area (Å²) in [5, 5.41) is 13.1. The van der Waals surface area contributed by atoms with Gasteiger partial charge in [-0.25, -0.2) is 9.82 Å². The third-order valence-electron chi connectivity index (χ3n) is 4.41. The molecule has 3 rings (SSSR count). The third-order valence-corrected chi connectivity index (χ3v) is 4.41. The zero-order valence-electron chi connectivity index (χ0n) is 12.7. The summed E-state index contributed by atoms with van der Waals surface area (Å²) in [6, 6.07) is 2.76. The molecular weight excluding hydrogens is 306 g/mol. The first-order chi connectivity index (χ1) is 11.0. The van der Waals surface area contributed by atoms with E-state index in [0.29, 0.717) is 5.71 Å². The molecule has 5 nitrogen and oxygen atoms in total. The third kappa shape index (κ3) is 3.06. The van der Waals surface area contributed by atoms with Crippen LogP contribution in [-0.2, 0) is 4.79 Å². The Kier molecular flexibility index (Phi) is 4.06. The number of hydrazone groups is 1. The molecule has 124 valence electrons. The van der Waals surface area contributed by atoms with Gasteiger partial charge in [0.1, 0.15) is 0 Å². The minimum atomic E-state index is -1.08. The number of nitrogens with zero attached hydrogens (tertiary/aromatic N) is 1. The predicted octanol–water partition coefficient (Wildman–Crippen LogP) is 1.98. The second-order valence-electron chi connectivity index (χ2n) is 6.32. The van der Waals surface area contributed by atoms with Crippen LogP contribution < -0.4 is 10.2 Å². The van der Waals surface area contributed by atoms with E-state index >= 15 is 0 Å². The van der Waals surface area contributed by atoms with Crippen LogP contribution in [0.2, 0.25) is 0 Å². The number of hydrogen-bond acceptors (Lipinski definition) is 4. The number of carbonyl (C=O) groups is 1. The largest absolute Gasteiger partial charge is 0.490 e. The van der Waals surface area contributed by atoms with E-state index in [1.54, 1.807) is 6.92 Å². The summed E-state index contributed by atoms with van der Waals surface area (Å²) in [7, 11) is 0. The van der Waals surface area contributed by atoms with Gasteiger partial charge in [0, 0.05) is 23.3 Å². The molecule has 0 radical (unpaired) electrons. The fraction of sp³-hybridized carbons (Fsp3) is 0.500. The maximum atomic E-state index is 14.3. The van der Waals surface area contributed by atoms with E-state index in [1.807, 2.05) is 0 Å². The van der Waals surface area contributed by atoms with Crippen molar-refractivity contribution in [2.75, 3.05) is 13.2 Å². The van der Waals surface area contributed by atoms with Gasteiger partial charge in [0.15, 0.2) is 11.6 Å². The molecule has 1 unspecified atom stereocenters. The number of amides is 1. The molecule has 1 heterocycles. The zero-order valence-corrected chi connectivity index (χ0v) is 12.7. The van der Waals surface area contributed by atoms with Crippen LogP contribution in [0.25, 0.3) is 0 Å². The molecule has 1 aromatic carbocycles. The molecule has 1 saturated carbocycles. The van der Waals surface area contributed by atoms with Crippen molar-refractivity contribution in [1.82, 2.24) is 5.43 Å². The summed E-state index contributed by atoms with van der Waals surface area (Å²) >= 11 is 0.